The highest BCUT2D eigenvalue weighted by Gasteiger charge is 2.32. The number of nitrogens with zero attached hydrogens (tertiary/aromatic N) is 2. The van der Waals surface area contributed by atoms with Crippen molar-refractivity contribution in [2.45, 2.75) is 6.10 Å². The molecule has 3 heterocycles. The molecule has 1 N–H and O–H groups in total. The largest absolute Gasteiger partial charge is 0.471 e. The lowest BCUT2D eigenvalue weighted by atomic mass is 10.2. The van der Waals surface area contributed by atoms with Crippen LogP contribution in [-0.4, -0.2) is 35.1 Å². The first kappa shape index (κ1) is 13.2. The van der Waals surface area contributed by atoms with Gasteiger partial charge in [0.25, 0.3) is 0 Å². The van der Waals surface area contributed by atoms with Gasteiger partial charge >= 0.3 is 6.03 Å². The highest BCUT2D eigenvalue weighted by Crippen LogP contribution is 2.20. The topological polar surface area (TPSA) is 54.5 Å². The van der Waals surface area contributed by atoms with Gasteiger partial charge in [-0.25, -0.2) is 9.78 Å². The summed E-state index contributed by atoms with van der Waals surface area (Å²) in [6, 6.07) is 7.11. The first-order valence-corrected chi connectivity index (χ1v) is 7.34. The third-order valence-electron chi connectivity index (χ3n) is 2.87. The van der Waals surface area contributed by atoms with Crippen molar-refractivity contribution in [2.24, 2.45) is 0 Å². The quantitative estimate of drug-likeness (QED) is 0.948. The lowest BCUT2D eigenvalue weighted by Crippen LogP contribution is -2.57. The summed E-state index contributed by atoms with van der Waals surface area (Å²) in [6.07, 6.45) is 1.52. The molecule has 2 aromatic heterocycles. The van der Waals surface area contributed by atoms with Gasteiger partial charge in [-0.3, -0.25) is 5.32 Å². The number of likely N-dealkylation sites (tertiary alicyclic amines) is 1. The molecule has 0 atom stereocenters. The normalized spacial score (nSPS) is 14.8. The Morgan fingerprint density at radius 3 is 2.95 bits per heavy atom. The van der Waals surface area contributed by atoms with Gasteiger partial charge in [0.15, 0.2) is 0 Å². The molecule has 0 radical (unpaired) electrons. The Kier molecular flexibility index (Phi) is 3.75. The maximum absolute atomic E-state index is 11.9. The predicted molar refractivity (Wildman–Crippen MR) is 78.6 cm³/mol. The molecule has 7 heteroatoms. The number of carbonyl (C=O) groups excluding carboxylic acids is 1. The van der Waals surface area contributed by atoms with Crippen LogP contribution in [0.4, 0.5) is 9.80 Å². The molecule has 0 saturated carbocycles. The summed E-state index contributed by atoms with van der Waals surface area (Å²) in [6.45, 7) is 1.11. The number of hydrogen-bond donors (Lipinski definition) is 1. The molecule has 0 bridgehead atoms. The van der Waals surface area contributed by atoms with Crippen LogP contribution in [-0.2, 0) is 0 Å². The number of thiophene rings is 1. The molecular formula is C13H12ClN3O2S. The summed E-state index contributed by atoms with van der Waals surface area (Å²) >= 11 is 7.25. The number of nitrogens with one attached hydrogen (secondary N) is 1. The van der Waals surface area contributed by atoms with E-state index in [1.54, 1.807) is 17.0 Å². The molecule has 2 aromatic rings. The molecule has 104 valence electrons. The highest BCUT2D eigenvalue weighted by atomic mass is 35.5. The van der Waals surface area contributed by atoms with E-state index in [1.807, 2.05) is 17.5 Å². The molecule has 0 aliphatic carbocycles. The summed E-state index contributed by atoms with van der Waals surface area (Å²) in [5, 5.41) is 6.17. The zero-order valence-corrected chi connectivity index (χ0v) is 12.0. The van der Waals surface area contributed by atoms with Gasteiger partial charge < -0.3 is 9.64 Å². The number of amides is 2. The number of pyridine rings is 1. The van der Waals surface area contributed by atoms with Crippen molar-refractivity contribution in [3.05, 3.63) is 40.9 Å². The molecule has 2 amide bonds. The summed E-state index contributed by atoms with van der Waals surface area (Å²) in [7, 11) is 0. The zero-order chi connectivity index (χ0) is 13.9. The average molecular weight is 310 g/mol. The number of halogens is 1. The summed E-state index contributed by atoms with van der Waals surface area (Å²) in [4.78, 5) is 17.6. The number of carbonyl (C=O) groups is 1. The van der Waals surface area contributed by atoms with Gasteiger partial charge in [0.2, 0.25) is 5.88 Å². The van der Waals surface area contributed by atoms with E-state index in [4.69, 9.17) is 16.3 Å². The van der Waals surface area contributed by atoms with Crippen molar-refractivity contribution in [3.8, 4) is 5.88 Å². The van der Waals surface area contributed by atoms with Crippen LogP contribution >= 0.6 is 22.9 Å². The Hall–Kier alpha value is -1.79. The fraction of sp³-hybridized carbons (Fsp3) is 0.231. The fourth-order valence-electron chi connectivity index (χ4n) is 1.82. The molecule has 3 rings (SSSR count). The zero-order valence-electron chi connectivity index (χ0n) is 10.5. The second kappa shape index (κ2) is 5.68. The molecule has 0 spiro atoms. The second-order valence-corrected chi connectivity index (χ2v) is 5.75. The standard InChI is InChI=1S/C13H12ClN3O2S/c14-9-3-4-11(15-6-9)19-10-7-17(8-10)13(18)16-12-2-1-5-20-12/h1-6,10H,7-8H2,(H,16,18). The van der Waals surface area contributed by atoms with Gasteiger partial charge in [-0.05, 0) is 23.6 Å². The lowest BCUT2D eigenvalue weighted by Gasteiger charge is -2.38. The molecule has 1 saturated heterocycles. The van der Waals surface area contributed by atoms with Gasteiger partial charge in [0.1, 0.15) is 6.10 Å². The minimum Gasteiger partial charge on any atom is -0.471 e. The third kappa shape index (κ3) is 3.02. The Labute approximate surface area is 125 Å². The van der Waals surface area contributed by atoms with Crippen molar-refractivity contribution in [3.63, 3.8) is 0 Å². The maximum Gasteiger partial charge on any atom is 0.322 e. The van der Waals surface area contributed by atoms with Crippen LogP contribution in [0.3, 0.4) is 0 Å². The number of rotatable bonds is 3. The molecule has 1 aliphatic rings. The maximum atomic E-state index is 11.9. The molecular weight excluding hydrogens is 298 g/mol. The van der Waals surface area contributed by atoms with Crippen LogP contribution in [0.5, 0.6) is 5.88 Å². The van der Waals surface area contributed by atoms with E-state index in [0.717, 1.165) is 5.00 Å². The Morgan fingerprint density at radius 1 is 1.45 bits per heavy atom. The number of ether oxygens (including phenoxy) is 1. The van der Waals surface area contributed by atoms with Crippen LogP contribution in [0.1, 0.15) is 0 Å². The Bertz CT molecular complexity index is 582. The first-order valence-electron chi connectivity index (χ1n) is 6.08. The first-order chi connectivity index (χ1) is 9.70. The molecule has 5 nitrogen and oxygen atoms in total. The molecule has 20 heavy (non-hydrogen) atoms. The van der Waals surface area contributed by atoms with Crippen LogP contribution in [0.15, 0.2) is 35.8 Å². The summed E-state index contributed by atoms with van der Waals surface area (Å²) in [5.74, 6) is 0.526. The highest BCUT2D eigenvalue weighted by molar-refractivity contribution is 7.14. The van der Waals surface area contributed by atoms with Gasteiger partial charge in [-0.1, -0.05) is 11.6 Å². The van der Waals surface area contributed by atoms with Crippen LogP contribution in [0.2, 0.25) is 5.02 Å². The number of aromatic nitrogens is 1. The van der Waals surface area contributed by atoms with Crippen molar-refractivity contribution in [1.29, 1.82) is 0 Å². The van der Waals surface area contributed by atoms with Crippen molar-refractivity contribution >= 4 is 34.0 Å². The molecule has 0 aromatic carbocycles. The fourth-order valence-corrected chi connectivity index (χ4v) is 2.53. The molecule has 0 unspecified atom stereocenters. The smallest absolute Gasteiger partial charge is 0.322 e. The van der Waals surface area contributed by atoms with Crippen molar-refractivity contribution in [2.75, 3.05) is 18.4 Å². The monoisotopic (exact) mass is 309 g/mol. The van der Waals surface area contributed by atoms with E-state index in [2.05, 4.69) is 10.3 Å². The van der Waals surface area contributed by atoms with Gasteiger partial charge in [-0.15, -0.1) is 11.3 Å². The predicted octanol–water partition coefficient (Wildman–Crippen LogP) is 3.09. The third-order valence-corrected chi connectivity index (χ3v) is 3.88. The summed E-state index contributed by atoms with van der Waals surface area (Å²) in [5.41, 5.74) is 0. The number of urea groups is 1. The summed E-state index contributed by atoms with van der Waals surface area (Å²) < 4.78 is 5.63. The Balaban J connectivity index is 1.46. The van der Waals surface area contributed by atoms with E-state index in [0.29, 0.717) is 24.0 Å². The van der Waals surface area contributed by atoms with E-state index in [-0.39, 0.29) is 12.1 Å². The number of hydrogen-bond acceptors (Lipinski definition) is 4. The van der Waals surface area contributed by atoms with Gasteiger partial charge in [-0.2, -0.15) is 0 Å². The second-order valence-electron chi connectivity index (χ2n) is 4.37. The van der Waals surface area contributed by atoms with Crippen molar-refractivity contribution in [1.82, 2.24) is 9.88 Å². The minimum atomic E-state index is -0.101. The Morgan fingerprint density at radius 2 is 2.30 bits per heavy atom. The van der Waals surface area contributed by atoms with E-state index in [1.165, 1.54) is 17.5 Å². The van der Waals surface area contributed by atoms with Crippen LogP contribution < -0.4 is 10.1 Å². The molecule has 1 aliphatic heterocycles. The average Bonchev–Trinajstić information content (AvgIpc) is 2.88. The van der Waals surface area contributed by atoms with Gasteiger partial charge in [0, 0.05) is 12.3 Å². The van der Waals surface area contributed by atoms with E-state index >= 15 is 0 Å². The SMILES string of the molecule is O=C(Nc1cccs1)N1CC(Oc2ccc(Cl)cn2)C1. The van der Waals surface area contributed by atoms with Crippen LogP contribution in [0.25, 0.3) is 0 Å². The molecule has 1 fully saturated rings. The van der Waals surface area contributed by atoms with E-state index < -0.39 is 0 Å². The van der Waals surface area contributed by atoms with Crippen LogP contribution in [0, 0.1) is 0 Å². The van der Waals surface area contributed by atoms with Gasteiger partial charge in [0.05, 0.1) is 23.1 Å². The van der Waals surface area contributed by atoms with E-state index in [9.17, 15) is 4.79 Å². The lowest BCUT2D eigenvalue weighted by molar-refractivity contribution is 0.0461. The minimum absolute atomic E-state index is 0.0160. The number of anilines is 1. The van der Waals surface area contributed by atoms with Crippen molar-refractivity contribution < 1.29 is 9.53 Å².